The van der Waals surface area contributed by atoms with Crippen molar-refractivity contribution in [1.29, 1.82) is 0 Å². The third-order valence-electron chi connectivity index (χ3n) is 2.59. The highest BCUT2D eigenvalue weighted by Gasteiger charge is 2.16. The van der Waals surface area contributed by atoms with E-state index in [4.69, 9.17) is 11.6 Å². The minimum Gasteiger partial charge on any atom is -0.358 e. The van der Waals surface area contributed by atoms with Crippen molar-refractivity contribution in [1.82, 2.24) is 15.3 Å². The summed E-state index contributed by atoms with van der Waals surface area (Å²) in [7, 11) is 0. The fraction of sp³-hybridized carbons (Fsp3) is 0.417. The maximum Gasteiger partial charge on any atom is 0.242 e. The van der Waals surface area contributed by atoms with Crippen LogP contribution in [0, 0.1) is 6.92 Å². The van der Waals surface area contributed by atoms with Crippen LogP contribution in [0.5, 0.6) is 0 Å². The van der Waals surface area contributed by atoms with E-state index in [-0.39, 0.29) is 17.2 Å². The Kier molecular flexibility index (Phi) is 4.21. The second-order valence-electron chi connectivity index (χ2n) is 4.18. The van der Waals surface area contributed by atoms with Crippen molar-refractivity contribution in [2.75, 3.05) is 11.9 Å². The van der Waals surface area contributed by atoms with Gasteiger partial charge in [0, 0.05) is 11.4 Å². The van der Waals surface area contributed by atoms with Crippen LogP contribution in [-0.2, 0) is 4.79 Å². The van der Waals surface area contributed by atoms with Gasteiger partial charge in [0.25, 0.3) is 0 Å². The molecular weight excluding hydrogens is 284 g/mol. The second-order valence-corrected chi connectivity index (χ2v) is 5.75. The van der Waals surface area contributed by atoms with Crippen molar-refractivity contribution in [3.63, 3.8) is 0 Å². The van der Waals surface area contributed by atoms with Crippen molar-refractivity contribution < 1.29 is 4.79 Å². The normalized spacial score (nSPS) is 12.4. The molecule has 0 aliphatic carbocycles. The molecule has 0 saturated carbocycles. The number of aromatic nitrogens is 2. The van der Waals surface area contributed by atoms with Gasteiger partial charge < -0.3 is 10.6 Å². The molecule has 102 valence electrons. The van der Waals surface area contributed by atoms with Gasteiger partial charge in [0.1, 0.15) is 16.7 Å². The Morgan fingerprint density at radius 2 is 2.26 bits per heavy atom. The molecule has 2 aromatic rings. The predicted octanol–water partition coefficient (Wildman–Crippen LogP) is 2.59. The van der Waals surface area contributed by atoms with Crippen molar-refractivity contribution >= 4 is 44.9 Å². The number of aryl methyl sites for hydroxylation is 1. The molecule has 2 rings (SSSR count). The minimum atomic E-state index is -0.380. The van der Waals surface area contributed by atoms with Gasteiger partial charge in [-0.25, -0.2) is 9.97 Å². The molecule has 1 atom stereocenters. The molecular formula is C12H15ClN4OS. The molecule has 1 amide bonds. The number of fused-ring (bicyclic) bond motifs is 1. The average molecular weight is 299 g/mol. The van der Waals surface area contributed by atoms with Crippen LogP contribution < -0.4 is 10.6 Å². The van der Waals surface area contributed by atoms with Gasteiger partial charge in [0.05, 0.1) is 5.39 Å². The maximum absolute atomic E-state index is 11.7. The van der Waals surface area contributed by atoms with E-state index >= 15 is 0 Å². The van der Waals surface area contributed by atoms with Crippen molar-refractivity contribution in [2.45, 2.75) is 26.8 Å². The zero-order valence-corrected chi connectivity index (χ0v) is 12.5. The summed E-state index contributed by atoms with van der Waals surface area (Å²) in [6.07, 6.45) is 0. The fourth-order valence-corrected chi connectivity index (χ4v) is 2.82. The first-order valence-corrected chi connectivity index (χ1v) is 7.18. The predicted molar refractivity (Wildman–Crippen MR) is 78.9 cm³/mol. The largest absolute Gasteiger partial charge is 0.358 e. The SMILES string of the molecule is CCNC(=O)C(C)Nc1nc(Cl)nc2sc(C)cc12. The number of hydrogen-bond acceptors (Lipinski definition) is 5. The van der Waals surface area contributed by atoms with Crippen LogP contribution >= 0.6 is 22.9 Å². The standard InChI is InChI=1S/C12H15ClN4OS/c1-4-14-10(18)7(3)15-9-8-5-6(2)19-11(8)17-12(13)16-9/h5,7H,4H2,1-3H3,(H,14,18)(H,15,16,17). The Balaban J connectivity index is 2.31. The lowest BCUT2D eigenvalue weighted by atomic mass is 10.3. The van der Waals surface area contributed by atoms with Crippen LogP contribution in [0.4, 0.5) is 5.82 Å². The molecule has 0 aliphatic rings. The maximum atomic E-state index is 11.7. The van der Waals surface area contributed by atoms with Gasteiger partial charge in [-0.15, -0.1) is 11.3 Å². The van der Waals surface area contributed by atoms with Gasteiger partial charge in [0.15, 0.2) is 0 Å². The van der Waals surface area contributed by atoms with Crippen LogP contribution in [0.3, 0.4) is 0 Å². The van der Waals surface area contributed by atoms with Crippen LogP contribution in [0.15, 0.2) is 6.07 Å². The molecule has 19 heavy (non-hydrogen) atoms. The third kappa shape index (κ3) is 3.13. The highest BCUT2D eigenvalue weighted by atomic mass is 35.5. The van der Waals surface area contributed by atoms with Gasteiger partial charge in [-0.05, 0) is 38.4 Å². The molecule has 0 aliphatic heterocycles. The molecule has 0 bridgehead atoms. The number of nitrogens with zero attached hydrogens (tertiary/aromatic N) is 2. The lowest BCUT2D eigenvalue weighted by Crippen LogP contribution is -2.37. The van der Waals surface area contributed by atoms with Crippen LogP contribution in [0.25, 0.3) is 10.2 Å². The molecule has 2 heterocycles. The Bertz CT molecular complexity index is 613. The van der Waals surface area contributed by atoms with Gasteiger partial charge in [-0.3, -0.25) is 4.79 Å². The zero-order chi connectivity index (χ0) is 14.0. The van der Waals surface area contributed by atoms with Gasteiger partial charge in [0.2, 0.25) is 11.2 Å². The van der Waals surface area contributed by atoms with E-state index in [0.29, 0.717) is 12.4 Å². The first kappa shape index (κ1) is 14.0. The van der Waals surface area contributed by atoms with E-state index in [1.54, 1.807) is 18.3 Å². The number of hydrogen-bond donors (Lipinski definition) is 2. The first-order chi connectivity index (χ1) is 9.01. The van der Waals surface area contributed by atoms with E-state index < -0.39 is 0 Å². The summed E-state index contributed by atoms with van der Waals surface area (Å²) in [4.78, 5) is 22.0. The zero-order valence-electron chi connectivity index (χ0n) is 11.0. The molecule has 0 aromatic carbocycles. The Morgan fingerprint density at radius 1 is 1.53 bits per heavy atom. The summed E-state index contributed by atoms with van der Waals surface area (Å²) in [6.45, 7) is 6.26. The molecule has 5 nitrogen and oxygen atoms in total. The van der Waals surface area contributed by atoms with Gasteiger partial charge in [-0.1, -0.05) is 0 Å². The smallest absolute Gasteiger partial charge is 0.242 e. The topological polar surface area (TPSA) is 66.9 Å². The minimum absolute atomic E-state index is 0.0719. The summed E-state index contributed by atoms with van der Waals surface area (Å²) >= 11 is 7.45. The number of likely N-dealkylation sites (N-methyl/N-ethyl adjacent to an activating group) is 1. The average Bonchev–Trinajstić information content (AvgIpc) is 2.69. The lowest BCUT2D eigenvalue weighted by molar-refractivity contribution is -0.121. The summed E-state index contributed by atoms with van der Waals surface area (Å²) in [6, 6.07) is 1.61. The summed E-state index contributed by atoms with van der Waals surface area (Å²) in [5, 5.41) is 6.91. The molecule has 0 radical (unpaired) electrons. The first-order valence-electron chi connectivity index (χ1n) is 5.99. The summed E-state index contributed by atoms with van der Waals surface area (Å²) < 4.78 is 0. The number of thiophene rings is 1. The van der Waals surface area contributed by atoms with E-state index in [9.17, 15) is 4.79 Å². The van der Waals surface area contributed by atoms with Crippen LogP contribution in [-0.4, -0.2) is 28.5 Å². The van der Waals surface area contributed by atoms with Gasteiger partial charge in [-0.2, -0.15) is 0 Å². The van der Waals surface area contributed by atoms with E-state index in [2.05, 4.69) is 20.6 Å². The third-order valence-corrected chi connectivity index (χ3v) is 3.70. The Hall–Kier alpha value is -1.40. The number of anilines is 1. The molecule has 7 heteroatoms. The molecule has 0 saturated heterocycles. The van der Waals surface area contributed by atoms with E-state index in [1.165, 1.54) is 0 Å². The fourth-order valence-electron chi connectivity index (χ4n) is 1.72. The molecule has 1 unspecified atom stereocenters. The quantitative estimate of drug-likeness (QED) is 0.852. The lowest BCUT2D eigenvalue weighted by Gasteiger charge is -2.14. The molecule has 2 N–H and O–H groups in total. The van der Waals surface area contributed by atoms with Crippen molar-refractivity contribution in [3.05, 3.63) is 16.2 Å². The monoisotopic (exact) mass is 298 g/mol. The number of rotatable bonds is 4. The van der Waals surface area contributed by atoms with E-state index in [0.717, 1.165) is 15.1 Å². The Labute approximate surface area is 120 Å². The molecule has 0 fully saturated rings. The van der Waals surface area contributed by atoms with Crippen molar-refractivity contribution in [2.24, 2.45) is 0 Å². The molecule has 2 aromatic heterocycles. The van der Waals surface area contributed by atoms with Gasteiger partial charge >= 0.3 is 0 Å². The number of carbonyl (C=O) groups excluding carboxylic acids is 1. The van der Waals surface area contributed by atoms with Crippen LogP contribution in [0.2, 0.25) is 5.28 Å². The highest BCUT2D eigenvalue weighted by Crippen LogP contribution is 2.29. The van der Waals surface area contributed by atoms with Crippen LogP contribution in [0.1, 0.15) is 18.7 Å². The number of amides is 1. The second kappa shape index (κ2) is 5.71. The Morgan fingerprint density at radius 3 is 2.95 bits per heavy atom. The number of halogens is 1. The van der Waals surface area contributed by atoms with E-state index in [1.807, 2.05) is 19.9 Å². The highest BCUT2D eigenvalue weighted by molar-refractivity contribution is 7.18. The van der Waals surface area contributed by atoms with Crippen molar-refractivity contribution in [3.8, 4) is 0 Å². The summed E-state index contributed by atoms with van der Waals surface area (Å²) in [5.74, 6) is 0.524. The number of carbonyl (C=O) groups is 1. The summed E-state index contributed by atoms with van der Waals surface area (Å²) in [5.41, 5.74) is 0. The number of nitrogens with one attached hydrogen (secondary N) is 2. The molecule has 0 spiro atoms.